The summed E-state index contributed by atoms with van der Waals surface area (Å²) in [4.78, 5) is 27.2. The quantitative estimate of drug-likeness (QED) is 0.444. The van der Waals surface area contributed by atoms with E-state index in [0.29, 0.717) is 47.3 Å². The van der Waals surface area contributed by atoms with Gasteiger partial charge in [-0.2, -0.15) is 0 Å². The summed E-state index contributed by atoms with van der Waals surface area (Å²) in [6, 6.07) is 17.3. The Labute approximate surface area is 209 Å². The number of nitrogens with zero attached hydrogens (tertiary/aromatic N) is 1. The predicted molar refractivity (Wildman–Crippen MR) is 135 cm³/mol. The highest BCUT2D eigenvalue weighted by Gasteiger charge is 2.34. The van der Waals surface area contributed by atoms with Crippen molar-refractivity contribution in [3.8, 4) is 11.5 Å². The molecule has 8 heteroatoms. The first-order valence-corrected chi connectivity index (χ1v) is 11.7. The zero-order chi connectivity index (χ0) is 24.9. The lowest BCUT2D eigenvalue weighted by atomic mass is 9.87. The minimum absolute atomic E-state index is 0.278. The van der Waals surface area contributed by atoms with Crippen LogP contribution in [0.15, 0.2) is 60.7 Å². The van der Waals surface area contributed by atoms with Crippen molar-refractivity contribution < 1.29 is 23.8 Å². The third-order valence-electron chi connectivity index (χ3n) is 5.98. The predicted octanol–water partition coefficient (Wildman–Crippen LogP) is 5.71. The van der Waals surface area contributed by atoms with E-state index in [1.54, 1.807) is 50.3 Å². The maximum absolute atomic E-state index is 13.5. The van der Waals surface area contributed by atoms with Crippen LogP contribution in [0.5, 0.6) is 11.5 Å². The first kappa shape index (κ1) is 24.4. The number of carbonyl (C=O) groups is 2. The summed E-state index contributed by atoms with van der Waals surface area (Å²) in [7, 11) is 3.19. The Balaban J connectivity index is 1.68. The van der Waals surface area contributed by atoms with Gasteiger partial charge in [0.2, 0.25) is 0 Å². The number of methoxy groups -OCH3 is 2. The number of benzene rings is 3. The van der Waals surface area contributed by atoms with Crippen LogP contribution in [0.2, 0.25) is 5.02 Å². The number of halogens is 1. The van der Waals surface area contributed by atoms with E-state index >= 15 is 0 Å². The number of anilines is 1. The number of carbonyl (C=O) groups excluding carboxylic acids is 2. The van der Waals surface area contributed by atoms with E-state index in [2.05, 4.69) is 5.32 Å². The van der Waals surface area contributed by atoms with Crippen LogP contribution < -0.4 is 14.8 Å². The molecule has 35 heavy (non-hydrogen) atoms. The van der Waals surface area contributed by atoms with Crippen molar-refractivity contribution in [2.45, 2.75) is 19.4 Å². The molecule has 1 atom stereocenters. The van der Waals surface area contributed by atoms with Crippen LogP contribution in [0.25, 0.3) is 0 Å². The van der Waals surface area contributed by atoms with Gasteiger partial charge >= 0.3 is 12.0 Å². The molecule has 1 N–H and O–H groups in total. The minimum Gasteiger partial charge on any atom is -0.493 e. The van der Waals surface area contributed by atoms with E-state index < -0.39 is 12.0 Å². The van der Waals surface area contributed by atoms with Gasteiger partial charge in [0.05, 0.1) is 32.4 Å². The van der Waals surface area contributed by atoms with Crippen molar-refractivity contribution in [1.29, 1.82) is 0 Å². The van der Waals surface area contributed by atoms with E-state index in [-0.39, 0.29) is 6.03 Å². The first-order valence-electron chi connectivity index (χ1n) is 11.3. The smallest absolute Gasteiger partial charge is 0.338 e. The average Bonchev–Trinajstić information content (AvgIpc) is 2.88. The molecule has 4 rings (SSSR count). The van der Waals surface area contributed by atoms with E-state index in [1.165, 1.54) is 0 Å². The van der Waals surface area contributed by atoms with Gasteiger partial charge in [-0.1, -0.05) is 29.8 Å². The average molecular weight is 495 g/mol. The monoisotopic (exact) mass is 494 g/mol. The lowest BCUT2D eigenvalue weighted by Crippen LogP contribution is -2.43. The van der Waals surface area contributed by atoms with E-state index in [9.17, 15) is 9.59 Å². The first-order chi connectivity index (χ1) is 17.0. The number of hydrogen-bond acceptors (Lipinski definition) is 5. The maximum Gasteiger partial charge on any atom is 0.338 e. The summed E-state index contributed by atoms with van der Waals surface area (Å²) in [6.45, 7) is 2.53. The highest BCUT2D eigenvalue weighted by molar-refractivity contribution is 6.31. The molecule has 0 radical (unpaired) electrons. The van der Waals surface area contributed by atoms with Crippen LogP contribution in [0.3, 0.4) is 0 Å². The lowest BCUT2D eigenvalue weighted by Gasteiger charge is -2.38. The number of amides is 2. The Kier molecular flexibility index (Phi) is 7.46. The maximum atomic E-state index is 13.5. The number of fused-ring (bicyclic) bond motifs is 1. The van der Waals surface area contributed by atoms with Gasteiger partial charge in [0.1, 0.15) is 0 Å². The van der Waals surface area contributed by atoms with E-state index in [1.807, 2.05) is 36.4 Å². The Bertz CT molecular complexity index is 1230. The lowest BCUT2D eigenvalue weighted by molar-refractivity contribution is 0.0526. The van der Waals surface area contributed by atoms with E-state index in [0.717, 1.165) is 16.7 Å². The minimum atomic E-state index is -0.425. The third kappa shape index (κ3) is 5.05. The topological polar surface area (TPSA) is 77.1 Å². The molecule has 0 fully saturated rings. The molecular formula is C27H27ClN2O5. The standard InChI is InChI=1S/C27H27ClN2O5/c1-4-35-26(31)17-9-11-19(12-10-17)29-27(32)30-14-13-18-15-23(33-2)24(34-3)16-21(18)25(30)20-7-5-6-8-22(20)28/h5-12,15-16,25H,4,13-14H2,1-3H3,(H,29,32). The highest BCUT2D eigenvalue weighted by atomic mass is 35.5. The Morgan fingerprint density at radius 1 is 1.00 bits per heavy atom. The van der Waals surface area contributed by atoms with Gasteiger partial charge in [-0.15, -0.1) is 0 Å². The molecule has 0 saturated carbocycles. The summed E-state index contributed by atoms with van der Waals surface area (Å²) in [5.41, 5.74) is 3.80. The molecule has 2 amide bonds. The SMILES string of the molecule is CCOC(=O)c1ccc(NC(=O)N2CCc3cc(OC)c(OC)cc3C2c2ccccc2Cl)cc1. The molecule has 1 heterocycles. The molecule has 1 aliphatic rings. The zero-order valence-corrected chi connectivity index (χ0v) is 20.6. The van der Waals surface area contributed by atoms with Crippen molar-refractivity contribution in [1.82, 2.24) is 4.90 Å². The van der Waals surface area contributed by atoms with Gasteiger partial charge < -0.3 is 24.4 Å². The summed E-state index contributed by atoms with van der Waals surface area (Å²) >= 11 is 6.60. The normalized spacial score (nSPS) is 14.6. The number of esters is 1. The van der Waals surface area contributed by atoms with E-state index in [4.69, 9.17) is 25.8 Å². The fraction of sp³-hybridized carbons (Fsp3) is 0.259. The molecular weight excluding hydrogens is 468 g/mol. The molecule has 1 unspecified atom stereocenters. The van der Waals surface area contributed by atoms with Crippen molar-refractivity contribution >= 4 is 29.3 Å². The summed E-state index contributed by atoms with van der Waals surface area (Å²) in [6.07, 6.45) is 0.645. The molecule has 7 nitrogen and oxygen atoms in total. The largest absolute Gasteiger partial charge is 0.493 e. The molecule has 3 aromatic rings. The molecule has 0 aromatic heterocycles. The van der Waals surface area contributed by atoms with Crippen LogP contribution in [-0.2, 0) is 11.2 Å². The van der Waals surface area contributed by atoms with Gasteiger partial charge in [0.15, 0.2) is 11.5 Å². The summed E-state index contributed by atoms with van der Waals surface area (Å²) in [5.74, 6) is 0.824. The fourth-order valence-corrected chi connectivity index (χ4v) is 4.54. The fourth-order valence-electron chi connectivity index (χ4n) is 4.30. The van der Waals surface area contributed by atoms with Crippen LogP contribution in [0, 0.1) is 0 Å². The molecule has 1 aliphatic heterocycles. The molecule has 0 saturated heterocycles. The second-order valence-corrected chi connectivity index (χ2v) is 8.41. The van der Waals surface area contributed by atoms with Crippen LogP contribution >= 0.6 is 11.6 Å². The third-order valence-corrected chi connectivity index (χ3v) is 6.33. The molecule has 0 spiro atoms. The summed E-state index contributed by atoms with van der Waals surface area (Å²) in [5, 5.41) is 3.51. The molecule has 182 valence electrons. The van der Waals surface area contributed by atoms with Gasteiger partial charge in [-0.3, -0.25) is 0 Å². The van der Waals surface area contributed by atoms with Gasteiger partial charge in [-0.05, 0) is 72.5 Å². The zero-order valence-electron chi connectivity index (χ0n) is 19.8. The van der Waals surface area contributed by atoms with Crippen molar-refractivity contribution in [2.24, 2.45) is 0 Å². The van der Waals surface area contributed by atoms with Crippen molar-refractivity contribution in [3.05, 3.63) is 87.9 Å². The van der Waals surface area contributed by atoms with Crippen LogP contribution in [-0.4, -0.2) is 44.3 Å². The Morgan fingerprint density at radius 3 is 2.34 bits per heavy atom. The molecule has 3 aromatic carbocycles. The molecule has 0 bridgehead atoms. The van der Waals surface area contributed by atoms with Gasteiger partial charge in [-0.25, -0.2) is 9.59 Å². The number of rotatable bonds is 6. The van der Waals surface area contributed by atoms with Gasteiger partial charge in [0.25, 0.3) is 0 Å². The number of nitrogens with one attached hydrogen (secondary N) is 1. The summed E-state index contributed by atoms with van der Waals surface area (Å²) < 4.78 is 16.0. The Hall–Kier alpha value is -3.71. The molecule has 0 aliphatic carbocycles. The van der Waals surface area contributed by atoms with Gasteiger partial charge in [0, 0.05) is 17.3 Å². The highest BCUT2D eigenvalue weighted by Crippen LogP contribution is 2.42. The van der Waals surface area contributed by atoms with Crippen LogP contribution in [0.4, 0.5) is 10.5 Å². The number of hydrogen-bond donors (Lipinski definition) is 1. The second kappa shape index (κ2) is 10.7. The van der Waals surface area contributed by atoms with Crippen LogP contribution in [0.1, 0.15) is 40.0 Å². The Morgan fingerprint density at radius 2 is 1.69 bits per heavy atom. The number of ether oxygens (including phenoxy) is 3. The number of urea groups is 1. The van der Waals surface area contributed by atoms with Crippen molar-refractivity contribution in [3.63, 3.8) is 0 Å². The van der Waals surface area contributed by atoms with Crippen molar-refractivity contribution in [2.75, 3.05) is 32.7 Å². The second-order valence-electron chi connectivity index (χ2n) is 8.00.